The predicted molar refractivity (Wildman–Crippen MR) is 117 cm³/mol. The number of carbonyl (C=O) groups excluding carboxylic acids is 1. The zero-order valence-corrected chi connectivity index (χ0v) is 18.1. The number of hydrogen-bond donors (Lipinski definition) is 2. The van der Waals surface area contributed by atoms with Gasteiger partial charge in [0.05, 0.1) is 10.9 Å². The van der Waals surface area contributed by atoms with Gasteiger partial charge in [-0.05, 0) is 46.5 Å². The number of anilines is 2. The van der Waals surface area contributed by atoms with Gasteiger partial charge in [-0.2, -0.15) is 0 Å². The Bertz CT molecular complexity index is 1130. The first-order valence-corrected chi connectivity index (χ1v) is 10.8. The van der Waals surface area contributed by atoms with Crippen molar-refractivity contribution in [1.82, 2.24) is 25.3 Å². The summed E-state index contributed by atoms with van der Waals surface area (Å²) in [7, 11) is 0. The number of rotatable bonds is 5. The van der Waals surface area contributed by atoms with Gasteiger partial charge in [0.2, 0.25) is 5.71 Å². The summed E-state index contributed by atoms with van der Waals surface area (Å²) in [6.45, 7) is 7.59. The molecule has 9 nitrogen and oxygen atoms in total. The molecule has 0 atom stereocenters. The van der Waals surface area contributed by atoms with Gasteiger partial charge in [-0.15, -0.1) is 0 Å². The van der Waals surface area contributed by atoms with Gasteiger partial charge in [0.1, 0.15) is 30.1 Å². The lowest BCUT2D eigenvalue weighted by Crippen LogP contribution is -2.45. The topological polar surface area (TPSA) is 109 Å². The van der Waals surface area contributed by atoms with Gasteiger partial charge in [-0.3, -0.25) is 4.79 Å². The molecule has 3 aromatic rings. The van der Waals surface area contributed by atoms with Gasteiger partial charge < -0.3 is 20.0 Å². The fourth-order valence-electron chi connectivity index (χ4n) is 4.13. The third-order valence-electron chi connectivity index (χ3n) is 6.26. The van der Waals surface area contributed by atoms with Gasteiger partial charge in [0.15, 0.2) is 0 Å². The fourth-order valence-corrected chi connectivity index (χ4v) is 4.13. The highest BCUT2D eigenvalue weighted by atomic mass is 16.3. The number of hydrogen-bond acceptors (Lipinski definition) is 8. The predicted octanol–water partition coefficient (Wildman–Crippen LogP) is 2.99. The van der Waals surface area contributed by atoms with Crippen molar-refractivity contribution in [2.75, 3.05) is 23.3 Å². The van der Waals surface area contributed by atoms with Crippen LogP contribution in [0.5, 0.6) is 0 Å². The van der Waals surface area contributed by atoms with Crippen LogP contribution >= 0.6 is 0 Å². The molecule has 3 aromatic heterocycles. The standard InChI is InChI=1S/C22H27N7O2/c1-13-10-16(24-11-23-13)29-8-4-15(5-9-29)27-20(30)17-14(2)31-21-18(17)19(25-12-26-21)28-22(3)6-7-22/h10-12,15H,4-9H2,1-3H3,(H,27,30)(H,25,26,28). The molecule has 162 valence electrons. The van der Waals surface area contributed by atoms with Crippen LogP contribution in [0, 0.1) is 13.8 Å². The number of nitrogens with one attached hydrogen (secondary N) is 2. The van der Waals surface area contributed by atoms with E-state index in [1.54, 1.807) is 13.3 Å². The summed E-state index contributed by atoms with van der Waals surface area (Å²) < 4.78 is 5.80. The van der Waals surface area contributed by atoms with Crippen LogP contribution in [0.1, 0.15) is 54.4 Å². The molecule has 0 unspecified atom stereocenters. The van der Waals surface area contributed by atoms with Crippen LogP contribution in [0.2, 0.25) is 0 Å². The minimum Gasteiger partial charge on any atom is -0.442 e. The SMILES string of the molecule is Cc1cc(N2CCC(NC(=O)c3c(C)oc4ncnc(NC5(C)CC5)c34)CC2)ncn1. The number of nitrogens with zero attached hydrogens (tertiary/aromatic N) is 5. The number of fused-ring (bicyclic) bond motifs is 1. The second kappa shape index (κ2) is 7.47. The zero-order chi connectivity index (χ0) is 21.6. The minimum absolute atomic E-state index is 0.0341. The molecule has 0 spiro atoms. The van der Waals surface area contributed by atoms with Gasteiger partial charge in [-0.25, -0.2) is 19.9 Å². The van der Waals surface area contributed by atoms with E-state index in [4.69, 9.17) is 4.42 Å². The largest absolute Gasteiger partial charge is 0.442 e. The lowest BCUT2D eigenvalue weighted by Gasteiger charge is -2.33. The van der Waals surface area contributed by atoms with Crippen LogP contribution in [-0.4, -0.2) is 50.5 Å². The molecule has 1 saturated heterocycles. The van der Waals surface area contributed by atoms with E-state index in [9.17, 15) is 4.79 Å². The highest BCUT2D eigenvalue weighted by Crippen LogP contribution is 2.40. The third kappa shape index (κ3) is 3.92. The smallest absolute Gasteiger partial charge is 0.255 e. The monoisotopic (exact) mass is 421 g/mol. The Labute approximate surface area is 180 Å². The molecule has 1 saturated carbocycles. The lowest BCUT2D eigenvalue weighted by atomic mass is 10.0. The van der Waals surface area contributed by atoms with Crippen molar-refractivity contribution in [2.45, 2.75) is 58.0 Å². The first kappa shape index (κ1) is 19.7. The van der Waals surface area contributed by atoms with Crippen LogP contribution < -0.4 is 15.5 Å². The molecule has 0 radical (unpaired) electrons. The maximum absolute atomic E-state index is 13.2. The van der Waals surface area contributed by atoms with Crippen molar-refractivity contribution in [3.05, 3.63) is 35.7 Å². The summed E-state index contributed by atoms with van der Waals surface area (Å²) in [5.41, 5.74) is 1.95. The molecule has 9 heteroatoms. The van der Waals surface area contributed by atoms with E-state index >= 15 is 0 Å². The van der Waals surface area contributed by atoms with Crippen LogP contribution in [0.25, 0.3) is 11.1 Å². The molecule has 4 heterocycles. The molecular weight excluding hydrogens is 394 g/mol. The van der Waals surface area contributed by atoms with E-state index in [2.05, 4.69) is 42.4 Å². The van der Waals surface area contributed by atoms with Crippen LogP contribution in [0.15, 0.2) is 23.1 Å². The fraction of sp³-hybridized carbons (Fsp3) is 0.500. The molecule has 1 amide bonds. The third-order valence-corrected chi connectivity index (χ3v) is 6.26. The molecule has 2 N–H and O–H groups in total. The van der Waals surface area contributed by atoms with Gasteiger partial charge >= 0.3 is 0 Å². The Morgan fingerprint density at radius 3 is 2.58 bits per heavy atom. The first-order valence-electron chi connectivity index (χ1n) is 10.8. The maximum Gasteiger partial charge on any atom is 0.255 e. The summed E-state index contributed by atoms with van der Waals surface area (Å²) in [5.74, 6) is 2.04. The average molecular weight is 422 g/mol. The van der Waals surface area contributed by atoms with Crippen molar-refractivity contribution in [3.63, 3.8) is 0 Å². The summed E-state index contributed by atoms with van der Waals surface area (Å²) in [4.78, 5) is 32.7. The summed E-state index contributed by atoms with van der Waals surface area (Å²) in [5, 5.41) is 7.33. The first-order chi connectivity index (χ1) is 14.9. The number of furan rings is 1. The second-order valence-electron chi connectivity index (χ2n) is 8.87. The van der Waals surface area contributed by atoms with E-state index in [-0.39, 0.29) is 17.5 Å². The number of aryl methyl sites for hydroxylation is 2. The highest BCUT2D eigenvalue weighted by molar-refractivity contribution is 6.10. The van der Waals surface area contributed by atoms with E-state index in [1.165, 1.54) is 6.33 Å². The molecular formula is C22H27N7O2. The Hall–Kier alpha value is -3.23. The number of amides is 1. The molecule has 0 aromatic carbocycles. The Morgan fingerprint density at radius 1 is 1.13 bits per heavy atom. The highest BCUT2D eigenvalue weighted by Gasteiger charge is 2.38. The summed E-state index contributed by atoms with van der Waals surface area (Å²) in [6, 6.07) is 2.09. The normalized spacial score (nSPS) is 18.2. The quantitative estimate of drug-likeness (QED) is 0.647. The van der Waals surface area contributed by atoms with Crippen molar-refractivity contribution in [2.24, 2.45) is 0 Å². The van der Waals surface area contributed by atoms with E-state index in [0.29, 0.717) is 28.2 Å². The van der Waals surface area contributed by atoms with Crippen molar-refractivity contribution in [3.8, 4) is 0 Å². The number of piperidine rings is 1. The minimum atomic E-state index is -0.133. The average Bonchev–Trinajstić information content (AvgIpc) is 3.36. The lowest BCUT2D eigenvalue weighted by molar-refractivity contribution is 0.0931. The molecule has 0 bridgehead atoms. The second-order valence-corrected chi connectivity index (χ2v) is 8.87. The molecule has 1 aliphatic heterocycles. The van der Waals surface area contributed by atoms with E-state index in [1.807, 2.05) is 13.0 Å². The van der Waals surface area contributed by atoms with Gasteiger partial charge in [-0.1, -0.05) is 0 Å². The molecule has 5 rings (SSSR count). The van der Waals surface area contributed by atoms with Gasteiger partial charge in [0.25, 0.3) is 5.91 Å². The Balaban J connectivity index is 1.31. The Morgan fingerprint density at radius 2 is 1.87 bits per heavy atom. The van der Waals surface area contributed by atoms with Crippen molar-refractivity contribution < 1.29 is 9.21 Å². The summed E-state index contributed by atoms with van der Waals surface area (Å²) in [6.07, 6.45) is 6.95. The number of carbonyl (C=O) groups is 1. The molecule has 1 aliphatic carbocycles. The van der Waals surface area contributed by atoms with Crippen molar-refractivity contribution >= 4 is 28.6 Å². The van der Waals surface area contributed by atoms with E-state index < -0.39 is 0 Å². The van der Waals surface area contributed by atoms with Crippen LogP contribution in [0.3, 0.4) is 0 Å². The maximum atomic E-state index is 13.2. The Kier molecular flexibility index (Phi) is 4.75. The van der Waals surface area contributed by atoms with E-state index in [0.717, 1.165) is 50.3 Å². The van der Waals surface area contributed by atoms with Crippen LogP contribution in [-0.2, 0) is 0 Å². The summed E-state index contributed by atoms with van der Waals surface area (Å²) >= 11 is 0. The zero-order valence-electron chi connectivity index (χ0n) is 18.1. The van der Waals surface area contributed by atoms with Crippen LogP contribution in [0.4, 0.5) is 11.6 Å². The molecule has 2 fully saturated rings. The number of aromatic nitrogens is 4. The van der Waals surface area contributed by atoms with Gasteiger partial charge in [0, 0.05) is 36.4 Å². The van der Waals surface area contributed by atoms with Crippen molar-refractivity contribution in [1.29, 1.82) is 0 Å². The molecule has 2 aliphatic rings. The molecule has 31 heavy (non-hydrogen) atoms.